The fourth-order valence-corrected chi connectivity index (χ4v) is 2.31. The molecule has 1 saturated heterocycles. The van der Waals surface area contributed by atoms with Gasteiger partial charge in [-0.15, -0.1) is 0 Å². The van der Waals surface area contributed by atoms with Crippen molar-refractivity contribution in [2.75, 3.05) is 30.8 Å². The molecule has 1 fully saturated rings. The highest BCUT2D eigenvalue weighted by molar-refractivity contribution is 5.79. The summed E-state index contributed by atoms with van der Waals surface area (Å²) in [5, 5.41) is 2.73. The molecule has 0 radical (unpaired) electrons. The first-order valence-electron chi connectivity index (χ1n) is 6.03. The molecule has 1 aromatic carbocycles. The van der Waals surface area contributed by atoms with E-state index in [2.05, 4.69) is 10.2 Å². The van der Waals surface area contributed by atoms with Crippen molar-refractivity contribution in [3.05, 3.63) is 24.3 Å². The number of hydrogen-bond donors (Lipinski definition) is 2. The summed E-state index contributed by atoms with van der Waals surface area (Å²) in [4.78, 5) is 13.9. The second-order valence-electron chi connectivity index (χ2n) is 4.49. The first-order chi connectivity index (χ1) is 8.20. The Morgan fingerprint density at radius 1 is 1.41 bits per heavy atom. The van der Waals surface area contributed by atoms with E-state index in [9.17, 15) is 4.79 Å². The van der Waals surface area contributed by atoms with Crippen LogP contribution in [-0.2, 0) is 4.79 Å². The minimum Gasteiger partial charge on any atom is -0.399 e. The van der Waals surface area contributed by atoms with Crippen molar-refractivity contribution in [1.29, 1.82) is 0 Å². The van der Waals surface area contributed by atoms with Gasteiger partial charge in [-0.1, -0.05) is 0 Å². The predicted octanol–water partition coefficient (Wildman–Crippen LogP) is 1.23. The third-order valence-corrected chi connectivity index (χ3v) is 3.30. The molecule has 0 aliphatic carbocycles. The predicted molar refractivity (Wildman–Crippen MR) is 69.9 cm³/mol. The molecule has 1 atom stereocenters. The zero-order valence-corrected chi connectivity index (χ0v) is 10.1. The second kappa shape index (κ2) is 5.08. The Labute approximate surface area is 102 Å². The van der Waals surface area contributed by atoms with Gasteiger partial charge in [0.05, 0.1) is 5.92 Å². The molecule has 1 aliphatic rings. The van der Waals surface area contributed by atoms with E-state index in [-0.39, 0.29) is 11.8 Å². The normalized spacial score (nSPS) is 20.1. The van der Waals surface area contributed by atoms with E-state index in [1.54, 1.807) is 7.05 Å². The van der Waals surface area contributed by atoms with Gasteiger partial charge in [-0.25, -0.2) is 0 Å². The van der Waals surface area contributed by atoms with Gasteiger partial charge in [-0.05, 0) is 37.1 Å². The molecule has 3 N–H and O–H groups in total. The number of amides is 1. The molecule has 1 aromatic rings. The Kier molecular flexibility index (Phi) is 3.52. The molecule has 4 heteroatoms. The number of nitrogens with two attached hydrogens (primary N) is 1. The number of nitrogens with zero attached hydrogens (tertiary/aromatic N) is 1. The Bertz CT molecular complexity index is 388. The van der Waals surface area contributed by atoms with Gasteiger partial charge in [-0.3, -0.25) is 4.79 Å². The summed E-state index contributed by atoms with van der Waals surface area (Å²) in [6, 6.07) is 7.83. The summed E-state index contributed by atoms with van der Waals surface area (Å²) in [7, 11) is 1.70. The van der Waals surface area contributed by atoms with Gasteiger partial charge in [0.15, 0.2) is 0 Å². The monoisotopic (exact) mass is 233 g/mol. The average molecular weight is 233 g/mol. The number of anilines is 2. The van der Waals surface area contributed by atoms with Crippen molar-refractivity contribution in [2.45, 2.75) is 12.8 Å². The van der Waals surface area contributed by atoms with Crippen LogP contribution < -0.4 is 16.0 Å². The molecular weight excluding hydrogens is 214 g/mol. The summed E-state index contributed by atoms with van der Waals surface area (Å²) in [5.74, 6) is 0.247. The van der Waals surface area contributed by atoms with E-state index in [1.165, 1.54) is 0 Å². The number of benzene rings is 1. The van der Waals surface area contributed by atoms with Crippen LogP contribution in [0.5, 0.6) is 0 Å². The van der Waals surface area contributed by atoms with Crippen LogP contribution in [0.25, 0.3) is 0 Å². The average Bonchev–Trinajstić information content (AvgIpc) is 2.39. The van der Waals surface area contributed by atoms with Crippen LogP contribution >= 0.6 is 0 Å². The highest BCUT2D eigenvalue weighted by atomic mass is 16.1. The van der Waals surface area contributed by atoms with Gasteiger partial charge < -0.3 is 16.0 Å². The van der Waals surface area contributed by atoms with Crippen LogP contribution in [0.3, 0.4) is 0 Å². The van der Waals surface area contributed by atoms with Crippen LogP contribution in [0, 0.1) is 5.92 Å². The largest absolute Gasteiger partial charge is 0.399 e. The van der Waals surface area contributed by atoms with E-state index in [1.807, 2.05) is 24.3 Å². The smallest absolute Gasteiger partial charge is 0.224 e. The molecule has 0 saturated carbocycles. The lowest BCUT2D eigenvalue weighted by atomic mass is 9.96. The maximum atomic E-state index is 11.6. The van der Waals surface area contributed by atoms with Crippen molar-refractivity contribution in [3.8, 4) is 0 Å². The van der Waals surface area contributed by atoms with E-state index in [0.29, 0.717) is 0 Å². The van der Waals surface area contributed by atoms with Crippen molar-refractivity contribution in [1.82, 2.24) is 5.32 Å². The van der Waals surface area contributed by atoms with Crippen molar-refractivity contribution < 1.29 is 4.79 Å². The summed E-state index contributed by atoms with van der Waals surface area (Å²) in [6.45, 7) is 1.81. The standard InChI is InChI=1S/C13H19N3O/c1-15-13(17)10-3-2-8-16(9-10)12-6-4-11(14)5-7-12/h4-7,10H,2-3,8-9,14H2,1H3,(H,15,17)/t10-/m0/s1. The molecule has 1 aliphatic heterocycles. The summed E-state index contributed by atoms with van der Waals surface area (Å²) >= 11 is 0. The lowest BCUT2D eigenvalue weighted by molar-refractivity contribution is -0.124. The van der Waals surface area contributed by atoms with E-state index in [0.717, 1.165) is 37.3 Å². The molecular formula is C13H19N3O. The Balaban J connectivity index is 2.06. The van der Waals surface area contributed by atoms with Gasteiger partial charge in [-0.2, -0.15) is 0 Å². The number of hydrogen-bond acceptors (Lipinski definition) is 3. The lowest BCUT2D eigenvalue weighted by Gasteiger charge is -2.33. The molecule has 17 heavy (non-hydrogen) atoms. The highest BCUT2D eigenvalue weighted by Gasteiger charge is 2.24. The zero-order chi connectivity index (χ0) is 12.3. The maximum absolute atomic E-state index is 11.6. The van der Waals surface area contributed by atoms with Crippen LogP contribution in [0.2, 0.25) is 0 Å². The van der Waals surface area contributed by atoms with Gasteiger partial charge in [0.25, 0.3) is 0 Å². The number of piperidine rings is 1. The summed E-state index contributed by atoms with van der Waals surface area (Å²) in [5.41, 5.74) is 7.59. The SMILES string of the molecule is CNC(=O)[C@H]1CCCN(c2ccc(N)cc2)C1. The Hall–Kier alpha value is -1.71. The van der Waals surface area contributed by atoms with Crippen LogP contribution in [0.1, 0.15) is 12.8 Å². The number of carbonyl (C=O) groups excluding carboxylic acids is 1. The minimum atomic E-state index is 0.103. The van der Waals surface area contributed by atoms with Crippen LogP contribution in [-0.4, -0.2) is 26.0 Å². The quantitative estimate of drug-likeness (QED) is 0.755. The topological polar surface area (TPSA) is 58.4 Å². The molecule has 0 aromatic heterocycles. The zero-order valence-electron chi connectivity index (χ0n) is 10.1. The van der Waals surface area contributed by atoms with Gasteiger partial charge in [0, 0.05) is 31.5 Å². The van der Waals surface area contributed by atoms with Crippen LogP contribution in [0.15, 0.2) is 24.3 Å². The molecule has 0 unspecified atom stereocenters. The lowest BCUT2D eigenvalue weighted by Crippen LogP contribution is -2.42. The van der Waals surface area contributed by atoms with Crippen molar-refractivity contribution >= 4 is 17.3 Å². The first-order valence-corrected chi connectivity index (χ1v) is 6.03. The van der Waals surface area contributed by atoms with Crippen molar-refractivity contribution in [2.24, 2.45) is 5.92 Å². The minimum absolute atomic E-state index is 0.103. The number of carbonyl (C=O) groups is 1. The summed E-state index contributed by atoms with van der Waals surface area (Å²) < 4.78 is 0. The molecule has 1 amide bonds. The third kappa shape index (κ3) is 2.70. The molecule has 0 bridgehead atoms. The second-order valence-corrected chi connectivity index (χ2v) is 4.49. The number of nitrogen functional groups attached to an aromatic ring is 1. The molecule has 2 rings (SSSR count). The Morgan fingerprint density at radius 3 is 2.76 bits per heavy atom. The molecule has 0 spiro atoms. The van der Waals surface area contributed by atoms with E-state index in [4.69, 9.17) is 5.73 Å². The molecule has 1 heterocycles. The number of rotatable bonds is 2. The van der Waals surface area contributed by atoms with E-state index < -0.39 is 0 Å². The number of nitrogens with one attached hydrogen (secondary N) is 1. The molecule has 4 nitrogen and oxygen atoms in total. The summed E-state index contributed by atoms with van der Waals surface area (Å²) in [6.07, 6.45) is 2.04. The Morgan fingerprint density at radius 2 is 2.12 bits per heavy atom. The van der Waals surface area contributed by atoms with Gasteiger partial charge in [0.2, 0.25) is 5.91 Å². The van der Waals surface area contributed by atoms with Gasteiger partial charge in [0.1, 0.15) is 0 Å². The maximum Gasteiger partial charge on any atom is 0.224 e. The van der Waals surface area contributed by atoms with E-state index >= 15 is 0 Å². The highest BCUT2D eigenvalue weighted by Crippen LogP contribution is 2.23. The third-order valence-electron chi connectivity index (χ3n) is 3.30. The van der Waals surface area contributed by atoms with Crippen molar-refractivity contribution in [3.63, 3.8) is 0 Å². The molecule has 92 valence electrons. The van der Waals surface area contributed by atoms with Crippen LogP contribution in [0.4, 0.5) is 11.4 Å². The first kappa shape index (κ1) is 11.8. The fraction of sp³-hybridized carbons (Fsp3) is 0.462. The fourth-order valence-electron chi connectivity index (χ4n) is 2.31. The van der Waals surface area contributed by atoms with Gasteiger partial charge >= 0.3 is 0 Å².